The molecule has 1 fully saturated rings. The van der Waals surface area contributed by atoms with Crippen LogP contribution >= 0.6 is 0 Å². The Kier molecular flexibility index (Phi) is 4.36. The van der Waals surface area contributed by atoms with Crippen molar-refractivity contribution < 1.29 is 17.2 Å². The van der Waals surface area contributed by atoms with E-state index in [-0.39, 0.29) is 16.6 Å². The van der Waals surface area contributed by atoms with E-state index >= 15 is 0 Å². The summed E-state index contributed by atoms with van der Waals surface area (Å²) in [6, 6.07) is 5.86. The van der Waals surface area contributed by atoms with E-state index in [1.807, 2.05) is 0 Å². The Morgan fingerprint density at radius 1 is 1.32 bits per heavy atom. The van der Waals surface area contributed by atoms with Crippen LogP contribution in [0.25, 0.3) is 0 Å². The number of nitrogens with one attached hydrogen (secondary N) is 2. The Balaban J connectivity index is 2.26. The zero-order valence-electron chi connectivity index (χ0n) is 10.3. The van der Waals surface area contributed by atoms with Gasteiger partial charge >= 0.3 is 5.76 Å². The fourth-order valence-electron chi connectivity index (χ4n) is 2.12. The van der Waals surface area contributed by atoms with Crippen molar-refractivity contribution in [2.45, 2.75) is 29.5 Å². The van der Waals surface area contributed by atoms with Gasteiger partial charge in [0.1, 0.15) is 0 Å². The quantitative estimate of drug-likeness (QED) is 0.888. The molecule has 7 heteroatoms. The molecule has 0 aromatic heterocycles. The van der Waals surface area contributed by atoms with Crippen LogP contribution in [0.15, 0.2) is 29.2 Å². The van der Waals surface area contributed by atoms with E-state index in [1.54, 1.807) is 6.07 Å². The topological polar surface area (TPSA) is 58.2 Å². The molecule has 2 N–H and O–H groups in total. The van der Waals surface area contributed by atoms with E-state index < -0.39 is 15.6 Å². The van der Waals surface area contributed by atoms with E-state index in [2.05, 4.69) is 10.6 Å². The molecule has 1 unspecified atom stereocenters. The van der Waals surface area contributed by atoms with E-state index in [1.165, 1.54) is 18.2 Å². The maximum Gasteiger partial charge on any atom is 0.341 e. The second kappa shape index (κ2) is 5.83. The Morgan fingerprint density at radius 3 is 2.68 bits per heavy atom. The van der Waals surface area contributed by atoms with Crippen LogP contribution in [-0.4, -0.2) is 33.3 Å². The number of para-hydroxylation sites is 1. The third-order valence-corrected chi connectivity index (χ3v) is 4.52. The predicted molar refractivity (Wildman–Crippen MR) is 69.1 cm³/mol. The van der Waals surface area contributed by atoms with E-state index in [0.717, 1.165) is 19.4 Å². The molecule has 2 rings (SSSR count). The molecule has 0 saturated carbocycles. The summed E-state index contributed by atoms with van der Waals surface area (Å²) >= 11 is 0. The molecule has 0 bridgehead atoms. The number of hydrogen-bond acceptors (Lipinski definition) is 4. The minimum Gasteiger partial charge on any atom is -0.380 e. The van der Waals surface area contributed by atoms with Crippen molar-refractivity contribution in [2.24, 2.45) is 0 Å². The smallest absolute Gasteiger partial charge is 0.341 e. The molecule has 1 saturated heterocycles. The van der Waals surface area contributed by atoms with Crippen LogP contribution in [0, 0.1) is 0 Å². The fourth-order valence-corrected chi connectivity index (χ4v) is 3.02. The Labute approximate surface area is 111 Å². The summed E-state index contributed by atoms with van der Waals surface area (Å²) < 4.78 is 48.4. The lowest BCUT2D eigenvalue weighted by Crippen LogP contribution is -2.38. The average Bonchev–Trinajstić information content (AvgIpc) is 2.40. The third-order valence-electron chi connectivity index (χ3n) is 3.08. The van der Waals surface area contributed by atoms with Gasteiger partial charge in [-0.3, -0.25) is 0 Å². The molecule has 1 aliphatic rings. The zero-order chi connectivity index (χ0) is 13.9. The highest BCUT2D eigenvalue weighted by molar-refractivity contribution is 7.91. The van der Waals surface area contributed by atoms with Crippen LogP contribution in [0.3, 0.4) is 0 Å². The van der Waals surface area contributed by atoms with Gasteiger partial charge in [-0.05, 0) is 31.5 Å². The highest BCUT2D eigenvalue weighted by Crippen LogP contribution is 2.27. The standard InChI is InChI=1S/C12H16F2N2O2S/c13-12(14)19(17,18)11-6-2-1-5-10(11)16-9-4-3-7-15-8-9/h1-2,5-6,9,12,15-16H,3-4,7-8H2. The zero-order valence-corrected chi connectivity index (χ0v) is 11.1. The number of alkyl halides is 2. The molecule has 1 aliphatic heterocycles. The lowest BCUT2D eigenvalue weighted by molar-refractivity contribution is 0.235. The second-order valence-electron chi connectivity index (χ2n) is 4.49. The normalized spacial score (nSPS) is 20.5. The average molecular weight is 290 g/mol. The monoisotopic (exact) mass is 290 g/mol. The van der Waals surface area contributed by atoms with Gasteiger partial charge < -0.3 is 10.6 Å². The van der Waals surface area contributed by atoms with Gasteiger partial charge in [0.15, 0.2) is 0 Å². The summed E-state index contributed by atoms with van der Waals surface area (Å²) in [4.78, 5) is -0.337. The molecule has 0 spiro atoms. The summed E-state index contributed by atoms with van der Waals surface area (Å²) in [7, 11) is -4.57. The Bertz CT molecular complexity index is 528. The van der Waals surface area contributed by atoms with Crippen molar-refractivity contribution in [3.05, 3.63) is 24.3 Å². The molecular formula is C12H16F2N2O2S. The third kappa shape index (κ3) is 3.22. The highest BCUT2D eigenvalue weighted by Gasteiger charge is 2.29. The van der Waals surface area contributed by atoms with E-state index in [9.17, 15) is 17.2 Å². The second-order valence-corrected chi connectivity index (χ2v) is 6.38. The largest absolute Gasteiger partial charge is 0.380 e. The SMILES string of the molecule is O=S(=O)(c1ccccc1NC1CCCNC1)C(F)F. The van der Waals surface area contributed by atoms with Crippen molar-refractivity contribution in [1.82, 2.24) is 5.32 Å². The van der Waals surface area contributed by atoms with Crippen molar-refractivity contribution in [3.8, 4) is 0 Å². The van der Waals surface area contributed by atoms with Gasteiger partial charge in [0.05, 0.1) is 10.6 Å². The number of piperidine rings is 1. The molecule has 0 amide bonds. The number of anilines is 1. The first-order valence-corrected chi connectivity index (χ1v) is 7.65. The lowest BCUT2D eigenvalue weighted by atomic mass is 10.1. The van der Waals surface area contributed by atoms with Crippen molar-refractivity contribution in [1.29, 1.82) is 0 Å². The molecule has 1 aromatic rings. The van der Waals surface area contributed by atoms with Gasteiger partial charge in [0.25, 0.3) is 0 Å². The van der Waals surface area contributed by atoms with Gasteiger partial charge in [-0.15, -0.1) is 0 Å². The fraction of sp³-hybridized carbons (Fsp3) is 0.500. The minimum absolute atomic E-state index is 0.0581. The number of sulfone groups is 1. The molecule has 4 nitrogen and oxygen atoms in total. The number of hydrogen-bond donors (Lipinski definition) is 2. The molecule has 106 valence electrons. The van der Waals surface area contributed by atoms with Crippen LogP contribution in [0.4, 0.5) is 14.5 Å². The van der Waals surface area contributed by atoms with Crippen molar-refractivity contribution in [3.63, 3.8) is 0 Å². The number of halogens is 2. The molecular weight excluding hydrogens is 274 g/mol. The number of rotatable bonds is 4. The van der Waals surface area contributed by atoms with Crippen LogP contribution in [-0.2, 0) is 9.84 Å². The van der Waals surface area contributed by atoms with Gasteiger partial charge in [0, 0.05) is 12.6 Å². The van der Waals surface area contributed by atoms with Crippen molar-refractivity contribution in [2.75, 3.05) is 18.4 Å². The molecule has 19 heavy (non-hydrogen) atoms. The Morgan fingerprint density at radius 2 is 2.05 bits per heavy atom. The van der Waals surface area contributed by atoms with Crippen LogP contribution in [0.1, 0.15) is 12.8 Å². The van der Waals surface area contributed by atoms with Crippen LogP contribution in [0.5, 0.6) is 0 Å². The molecule has 0 radical (unpaired) electrons. The summed E-state index contributed by atoms with van der Waals surface area (Å²) in [5.41, 5.74) is 0.247. The first-order chi connectivity index (χ1) is 9.01. The predicted octanol–water partition coefficient (Wildman–Crippen LogP) is 1.85. The molecule has 0 aliphatic carbocycles. The van der Waals surface area contributed by atoms with Gasteiger partial charge in [0.2, 0.25) is 9.84 Å². The maximum atomic E-state index is 12.6. The lowest BCUT2D eigenvalue weighted by Gasteiger charge is -2.25. The Hall–Kier alpha value is -1.21. The number of benzene rings is 1. The summed E-state index contributed by atoms with van der Waals surface area (Å²) in [5, 5.41) is 6.21. The van der Waals surface area contributed by atoms with Crippen LogP contribution in [0.2, 0.25) is 0 Å². The summed E-state index contributed by atoms with van der Waals surface area (Å²) in [5.74, 6) is -3.40. The van der Waals surface area contributed by atoms with Gasteiger partial charge in [-0.25, -0.2) is 8.42 Å². The van der Waals surface area contributed by atoms with Crippen molar-refractivity contribution >= 4 is 15.5 Å². The van der Waals surface area contributed by atoms with Gasteiger partial charge in [-0.2, -0.15) is 8.78 Å². The maximum absolute atomic E-state index is 12.6. The van der Waals surface area contributed by atoms with E-state index in [0.29, 0.717) is 6.54 Å². The molecule has 1 atom stereocenters. The first-order valence-electron chi connectivity index (χ1n) is 6.10. The molecule has 1 aromatic carbocycles. The van der Waals surface area contributed by atoms with Gasteiger partial charge in [-0.1, -0.05) is 12.1 Å². The first kappa shape index (κ1) is 14.2. The summed E-state index contributed by atoms with van der Waals surface area (Å²) in [6.45, 7) is 1.62. The summed E-state index contributed by atoms with van der Waals surface area (Å²) in [6.07, 6.45) is 1.86. The van der Waals surface area contributed by atoms with E-state index in [4.69, 9.17) is 0 Å². The minimum atomic E-state index is -4.57. The van der Waals surface area contributed by atoms with Crippen LogP contribution < -0.4 is 10.6 Å². The molecule has 1 heterocycles. The highest BCUT2D eigenvalue weighted by atomic mass is 32.2.